The minimum absolute atomic E-state index is 0. The van der Waals surface area contributed by atoms with Gasteiger partial charge in [-0.25, -0.2) is 18.2 Å². The van der Waals surface area contributed by atoms with Crippen molar-refractivity contribution in [2.24, 2.45) is 0 Å². The number of unbranched alkanes of at least 4 members (excludes halogenated alkanes) is 12. The van der Waals surface area contributed by atoms with Crippen LogP contribution in [0.3, 0.4) is 0 Å². The van der Waals surface area contributed by atoms with E-state index in [1.54, 1.807) is 16.7 Å². The van der Waals surface area contributed by atoms with Gasteiger partial charge in [-0.05, 0) is 0 Å². The monoisotopic (exact) mass is 522 g/mol. The summed E-state index contributed by atoms with van der Waals surface area (Å²) in [6.07, 6.45) is 27.3. The van der Waals surface area contributed by atoms with Crippen molar-refractivity contribution in [2.75, 3.05) is 0 Å². The maximum Gasteiger partial charge on any atom is 2.00 e. The summed E-state index contributed by atoms with van der Waals surface area (Å²) in [7, 11) is 0. The summed E-state index contributed by atoms with van der Waals surface area (Å²) in [4.78, 5) is 0. The molecule has 0 nitrogen and oxygen atoms in total. The second-order valence-electron chi connectivity index (χ2n) is 10.4. The molecule has 1 heteroatoms. The molecule has 2 aromatic rings. The normalized spacial score (nSPS) is 10.6. The minimum atomic E-state index is 0. The Morgan fingerprint density at radius 2 is 1.03 bits per heavy atom. The van der Waals surface area contributed by atoms with Gasteiger partial charge in [0.05, 0.1) is 0 Å². The van der Waals surface area contributed by atoms with E-state index in [1.807, 2.05) is 0 Å². The molecule has 0 unspecified atom stereocenters. The van der Waals surface area contributed by atoms with Crippen LogP contribution in [0.15, 0.2) is 36.4 Å². The van der Waals surface area contributed by atoms with Crippen molar-refractivity contribution in [3.63, 3.8) is 0 Å². The molecule has 0 aliphatic rings. The molecule has 0 N–H and O–H groups in total. The van der Waals surface area contributed by atoms with Gasteiger partial charge in [0.1, 0.15) is 0 Å². The molecule has 0 radical (unpaired) electrons. The predicted molar refractivity (Wildman–Crippen MR) is 155 cm³/mol. The zero-order valence-corrected chi connectivity index (χ0v) is 25.1. The number of rotatable bonds is 20. The van der Waals surface area contributed by atoms with Gasteiger partial charge in [0, 0.05) is 0 Å². The fraction of sp³-hybridized carbons (Fsp3) is 0.706. The van der Waals surface area contributed by atoms with E-state index in [0.717, 1.165) is 0 Å². The third-order valence-corrected chi connectivity index (χ3v) is 7.10. The van der Waals surface area contributed by atoms with Crippen LogP contribution in [0.25, 0.3) is 0 Å². The van der Waals surface area contributed by atoms with Gasteiger partial charge in [-0.2, -0.15) is 40.5 Å². The molecule has 0 fully saturated rings. The Morgan fingerprint density at radius 1 is 0.543 bits per heavy atom. The first-order valence-electron chi connectivity index (χ1n) is 15.2. The van der Waals surface area contributed by atoms with Crippen molar-refractivity contribution >= 4 is 0 Å². The van der Waals surface area contributed by atoms with Crippen LogP contribution in [0.2, 0.25) is 0 Å². The SMILES string of the molecule is CCCCCCc1cc(CCCCCC)c(CCCCCC)[cH-]1.CCCCCCc1ccc[cH-]1.[Fe+2]. The molecule has 0 amide bonds. The summed E-state index contributed by atoms with van der Waals surface area (Å²) in [6, 6.07) is 13.8. The third kappa shape index (κ3) is 18.2. The van der Waals surface area contributed by atoms with E-state index in [1.165, 1.54) is 134 Å². The fourth-order valence-corrected chi connectivity index (χ4v) is 4.86. The number of hydrogen-bond donors (Lipinski definition) is 0. The maximum atomic E-state index is 2.55. The van der Waals surface area contributed by atoms with Crippen LogP contribution < -0.4 is 0 Å². The summed E-state index contributed by atoms with van der Waals surface area (Å²) in [5.41, 5.74) is 6.49. The Hall–Kier alpha value is -0.781. The van der Waals surface area contributed by atoms with Crippen LogP contribution in [0.4, 0.5) is 0 Å². The van der Waals surface area contributed by atoms with Crippen LogP contribution in [0, 0.1) is 0 Å². The van der Waals surface area contributed by atoms with E-state index in [-0.39, 0.29) is 17.1 Å². The second kappa shape index (κ2) is 24.9. The van der Waals surface area contributed by atoms with E-state index in [0.29, 0.717) is 0 Å². The number of hydrogen-bond acceptors (Lipinski definition) is 0. The van der Waals surface area contributed by atoms with Gasteiger partial charge in [-0.15, -0.1) is 0 Å². The standard InChI is InChI=1S/C23H41.C11H17.Fe/c1-4-7-10-13-16-21-19-22(17-14-11-8-5-2)23(20-21)18-15-12-9-6-3;1-2-3-4-5-8-11-9-6-7-10-11;/h19-20H,4-18H2,1-3H3;6-7,9-10H,2-5,8H2,1H3;/q2*-1;+2. The molecule has 0 spiro atoms. The predicted octanol–water partition coefficient (Wildman–Crippen LogP) is 11.3. The number of aryl methyl sites for hydroxylation is 4. The molecule has 0 bridgehead atoms. The summed E-state index contributed by atoms with van der Waals surface area (Å²) >= 11 is 0. The maximum absolute atomic E-state index is 2.55. The molecule has 35 heavy (non-hydrogen) atoms. The molecule has 0 aliphatic carbocycles. The molecule has 2 rings (SSSR count). The first-order chi connectivity index (χ1) is 16.7. The Morgan fingerprint density at radius 3 is 1.51 bits per heavy atom. The van der Waals surface area contributed by atoms with Gasteiger partial charge in [0.25, 0.3) is 0 Å². The van der Waals surface area contributed by atoms with E-state index in [4.69, 9.17) is 0 Å². The fourth-order valence-electron chi connectivity index (χ4n) is 4.86. The molecule has 0 aromatic heterocycles. The molecule has 0 saturated carbocycles. The topological polar surface area (TPSA) is 0 Å². The van der Waals surface area contributed by atoms with Crippen molar-refractivity contribution in [3.8, 4) is 0 Å². The Balaban J connectivity index is 0.000000807. The molecule has 0 heterocycles. The zero-order valence-electron chi connectivity index (χ0n) is 24.0. The summed E-state index contributed by atoms with van der Waals surface area (Å²) in [5.74, 6) is 0. The first kappa shape index (κ1) is 34.2. The van der Waals surface area contributed by atoms with E-state index in [2.05, 4.69) is 64.1 Å². The van der Waals surface area contributed by atoms with Crippen LogP contribution in [-0.2, 0) is 42.8 Å². The summed E-state index contributed by atoms with van der Waals surface area (Å²) in [5, 5.41) is 0. The molecule has 2 aromatic carbocycles. The van der Waals surface area contributed by atoms with E-state index < -0.39 is 0 Å². The molecule has 0 atom stereocenters. The van der Waals surface area contributed by atoms with Gasteiger partial charge in [-0.1, -0.05) is 156 Å². The van der Waals surface area contributed by atoms with Gasteiger partial charge in [0.2, 0.25) is 0 Å². The molecule has 0 saturated heterocycles. The Bertz CT molecular complexity index is 619. The van der Waals surface area contributed by atoms with Crippen molar-refractivity contribution in [1.82, 2.24) is 0 Å². The van der Waals surface area contributed by atoms with Crippen molar-refractivity contribution in [3.05, 3.63) is 58.7 Å². The molecular formula is C34H58Fe. The average molecular weight is 523 g/mol. The molecule has 0 aliphatic heterocycles. The van der Waals surface area contributed by atoms with Crippen LogP contribution in [0.5, 0.6) is 0 Å². The average Bonchev–Trinajstić information content (AvgIpc) is 3.51. The van der Waals surface area contributed by atoms with E-state index >= 15 is 0 Å². The summed E-state index contributed by atoms with van der Waals surface area (Å²) in [6.45, 7) is 9.15. The minimum Gasteiger partial charge on any atom is -0.213 e. The Labute approximate surface area is 231 Å². The van der Waals surface area contributed by atoms with Gasteiger partial charge < -0.3 is 0 Å². The van der Waals surface area contributed by atoms with Gasteiger partial charge in [-0.3, -0.25) is 0 Å². The smallest absolute Gasteiger partial charge is 0.213 e. The van der Waals surface area contributed by atoms with Crippen molar-refractivity contribution in [2.45, 2.75) is 156 Å². The zero-order chi connectivity index (χ0) is 24.7. The quantitative estimate of drug-likeness (QED) is 0.0921. The third-order valence-electron chi connectivity index (χ3n) is 7.10. The second-order valence-corrected chi connectivity index (χ2v) is 10.4. The van der Waals surface area contributed by atoms with Gasteiger partial charge in [0.15, 0.2) is 0 Å². The van der Waals surface area contributed by atoms with Gasteiger partial charge >= 0.3 is 17.1 Å². The Kier molecular flexibility index (Phi) is 24.3. The summed E-state index contributed by atoms with van der Waals surface area (Å²) < 4.78 is 0. The van der Waals surface area contributed by atoms with Crippen LogP contribution in [0.1, 0.15) is 153 Å². The first-order valence-corrected chi connectivity index (χ1v) is 15.2. The van der Waals surface area contributed by atoms with Crippen LogP contribution in [-0.4, -0.2) is 0 Å². The molecule has 202 valence electrons. The van der Waals surface area contributed by atoms with Crippen LogP contribution >= 0.6 is 0 Å². The molecular weight excluding hydrogens is 464 g/mol. The van der Waals surface area contributed by atoms with Crippen molar-refractivity contribution < 1.29 is 17.1 Å². The van der Waals surface area contributed by atoms with E-state index in [9.17, 15) is 0 Å². The largest absolute Gasteiger partial charge is 2.00 e. The van der Waals surface area contributed by atoms with Crippen molar-refractivity contribution in [1.29, 1.82) is 0 Å².